The third-order valence-electron chi connectivity index (χ3n) is 3.94. The molecule has 0 aliphatic carbocycles. The topological polar surface area (TPSA) is 66.6 Å². The van der Waals surface area contributed by atoms with E-state index in [4.69, 9.17) is 5.73 Å². The minimum Gasteiger partial charge on any atom is -0.392 e. The molecule has 0 aromatic heterocycles. The van der Waals surface area contributed by atoms with Gasteiger partial charge in [-0.05, 0) is 38.3 Å². The van der Waals surface area contributed by atoms with E-state index in [1.165, 1.54) is 0 Å². The predicted octanol–water partition coefficient (Wildman–Crippen LogP) is 1.52. The van der Waals surface area contributed by atoms with Crippen LogP contribution in [0.15, 0.2) is 0 Å². The van der Waals surface area contributed by atoms with Crippen molar-refractivity contribution in [1.82, 2.24) is 4.90 Å². The van der Waals surface area contributed by atoms with E-state index < -0.39 is 24.1 Å². The molecule has 1 amide bonds. The highest BCUT2D eigenvalue weighted by atomic mass is 19.4. The summed E-state index contributed by atoms with van der Waals surface area (Å²) >= 11 is 0. The molecule has 20 heavy (non-hydrogen) atoms. The zero-order valence-electron chi connectivity index (χ0n) is 11.7. The number of nitrogens with two attached hydrogens (primary N) is 1. The van der Waals surface area contributed by atoms with Crippen LogP contribution in [0.4, 0.5) is 13.2 Å². The van der Waals surface area contributed by atoms with Crippen molar-refractivity contribution in [2.45, 2.75) is 44.9 Å². The molecule has 4 nitrogen and oxygen atoms in total. The van der Waals surface area contributed by atoms with Crippen LogP contribution in [0.2, 0.25) is 0 Å². The van der Waals surface area contributed by atoms with E-state index in [-0.39, 0.29) is 25.3 Å². The Morgan fingerprint density at radius 1 is 1.50 bits per heavy atom. The van der Waals surface area contributed by atoms with Crippen LogP contribution in [0.3, 0.4) is 0 Å². The van der Waals surface area contributed by atoms with Gasteiger partial charge in [-0.1, -0.05) is 6.92 Å². The summed E-state index contributed by atoms with van der Waals surface area (Å²) in [6.45, 7) is 2.97. The lowest BCUT2D eigenvalue weighted by molar-refractivity contribution is -0.186. The fraction of sp³-hybridized carbons (Fsp3) is 0.923. The first kappa shape index (κ1) is 17.2. The Bertz CT molecular complexity index is 323. The smallest absolute Gasteiger partial charge is 0.392 e. The zero-order chi connectivity index (χ0) is 15.3. The average Bonchev–Trinajstić information content (AvgIpc) is 2.34. The maximum absolute atomic E-state index is 12.7. The SMILES string of the molecule is C[C@H](CCN1CCCC(C(F)(F)F)C1)[C@@H](O)CC(N)=O. The maximum Gasteiger partial charge on any atom is 0.393 e. The lowest BCUT2D eigenvalue weighted by Gasteiger charge is -2.34. The molecule has 1 aliphatic heterocycles. The van der Waals surface area contributed by atoms with Crippen LogP contribution in [0.1, 0.15) is 32.6 Å². The number of hydrogen-bond acceptors (Lipinski definition) is 3. The van der Waals surface area contributed by atoms with E-state index in [2.05, 4.69) is 0 Å². The van der Waals surface area contributed by atoms with E-state index in [0.29, 0.717) is 25.9 Å². The molecular weight excluding hydrogens is 273 g/mol. The van der Waals surface area contributed by atoms with Crippen LogP contribution < -0.4 is 5.73 Å². The molecule has 1 heterocycles. The van der Waals surface area contributed by atoms with Crippen molar-refractivity contribution < 1.29 is 23.1 Å². The molecule has 1 aliphatic rings. The van der Waals surface area contributed by atoms with Gasteiger partial charge in [0.15, 0.2) is 0 Å². The molecular formula is C13H23F3N2O2. The zero-order valence-corrected chi connectivity index (χ0v) is 11.7. The molecule has 1 unspecified atom stereocenters. The Morgan fingerprint density at radius 2 is 2.15 bits per heavy atom. The van der Waals surface area contributed by atoms with E-state index in [1.807, 2.05) is 0 Å². The Labute approximate surface area is 117 Å². The predicted molar refractivity (Wildman–Crippen MR) is 68.8 cm³/mol. The molecule has 0 spiro atoms. The van der Waals surface area contributed by atoms with Crippen molar-refractivity contribution in [3.63, 3.8) is 0 Å². The lowest BCUT2D eigenvalue weighted by atomic mass is 9.95. The van der Waals surface area contributed by atoms with Crippen molar-refractivity contribution in [3.8, 4) is 0 Å². The van der Waals surface area contributed by atoms with E-state index in [0.717, 1.165) is 0 Å². The summed E-state index contributed by atoms with van der Waals surface area (Å²) in [5.41, 5.74) is 5.00. The van der Waals surface area contributed by atoms with Crippen LogP contribution in [0.25, 0.3) is 0 Å². The molecule has 0 aromatic carbocycles. The number of carbonyl (C=O) groups is 1. The number of rotatable bonds is 6. The van der Waals surface area contributed by atoms with E-state index >= 15 is 0 Å². The summed E-state index contributed by atoms with van der Waals surface area (Å²) in [5, 5.41) is 9.70. The number of hydrogen-bond donors (Lipinski definition) is 2. The Morgan fingerprint density at radius 3 is 2.70 bits per heavy atom. The Kier molecular flexibility index (Phi) is 6.26. The van der Waals surface area contributed by atoms with Gasteiger partial charge in [0.1, 0.15) is 0 Å². The Balaban J connectivity index is 2.36. The van der Waals surface area contributed by atoms with Crippen LogP contribution in [0, 0.1) is 11.8 Å². The quantitative estimate of drug-likeness (QED) is 0.781. The molecule has 1 fully saturated rings. The summed E-state index contributed by atoms with van der Waals surface area (Å²) in [6.07, 6.45) is -3.76. The summed E-state index contributed by atoms with van der Waals surface area (Å²) in [7, 11) is 0. The standard InChI is InChI=1S/C13H23F3N2O2/c1-9(11(19)7-12(17)20)4-6-18-5-2-3-10(8-18)13(14,15)16/h9-11,19H,2-8H2,1H3,(H2,17,20)/t9-,10?,11+/m1/s1. The number of alkyl halides is 3. The van der Waals surface area contributed by atoms with Crippen molar-refractivity contribution in [3.05, 3.63) is 0 Å². The molecule has 0 radical (unpaired) electrons. The van der Waals surface area contributed by atoms with Gasteiger partial charge in [0.2, 0.25) is 5.91 Å². The fourth-order valence-corrected chi connectivity index (χ4v) is 2.51. The largest absolute Gasteiger partial charge is 0.393 e. The third kappa shape index (κ3) is 5.66. The molecule has 118 valence electrons. The van der Waals surface area contributed by atoms with Crippen LogP contribution in [0.5, 0.6) is 0 Å². The molecule has 0 bridgehead atoms. The highest BCUT2D eigenvalue weighted by molar-refractivity contribution is 5.74. The molecule has 1 rings (SSSR count). The molecule has 0 saturated carbocycles. The summed E-state index contributed by atoms with van der Waals surface area (Å²) in [4.78, 5) is 12.5. The molecule has 3 N–H and O–H groups in total. The lowest BCUT2D eigenvalue weighted by Crippen LogP contribution is -2.42. The van der Waals surface area contributed by atoms with Gasteiger partial charge in [0, 0.05) is 6.54 Å². The van der Waals surface area contributed by atoms with Gasteiger partial charge in [-0.3, -0.25) is 4.79 Å². The van der Waals surface area contributed by atoms with Crippen molar-refractivity contribution in [2.75, 3.05) is 19.6 Å². The minimum absolute atomic E-state index is 0.0299. The number of carbonyl (C=O) groups excluding carboxylic acids is 1. The van der Waals surface area contributed by atoms with Gasteiger partial charge in [0.25, 0.3) is 0 Å². The van der Waals surface area contributed by atoms with Crippen molar-refractivity contribution in [2.24, 2.45) is 17.6 Å². The van der Waals surface area contributed by atoms with Crippen molar-refractivity contribution in [1.29, 1.82) is 0 Å². The van der Waals surface area contributed by atoms with Gasteiger partial charge in [-0.25, -0.2) is 0 Å². The molecule has 3 atom stereocenters. The molecule has 7 heteroatoms. The van der Waals surface area contributed by atoms with Crippen molar-refractivity contribution >= 4 is 5.91 Å². The first-order chi connectivity index (χ1) is 9.20. The third-order valence-corrected chi connectivity index (χ3v) is 3.94. The number of aliphatic hydroxyl groups is 1. The second-order valence-corrected chi connectivity index (χ2v) is 5.69. The second kappa shape index (κ2) is 7.26. The average molecular weight is 296 g/mol. The van der Waals surface area contributed by atoms with Gasteiger partial charge < -0.3 is 15.7 Å². The van der Waals surface area contributed by atoms with Crippen LogP contribution in [-0.4, -0.2) is 47.8 Å². The van der Waals surface area contributed by atoms with Gasteiger partial charge in [0.05, 0.1) is 18.4 Å². The number of aliphatic hydroxyl groups excluding tert-OH is 1. The van der Waals surface area contributed by atoms with Crippen LogP contribution >= 0.6 is 0 Å². The highest BCUT2D eigenvalue weighted by Gasteiger charge is 2.41. The summed E-state index contributed by atoms with van der Waals surface area (Å²) in [6, 6.07) is 0. The van der Waals surface area contributed by atoms with Gasteiger partial charge in [-0.15, -0.1) is 0 Å². The monoisotopic (exact) mass is 296 g/mol. The fourth-order valence-electron chi connectivity index (χ4n) is 2.51. The van der Waals surface area contributed by atoms with E-state index in [9.17, 15) is 23.1 Å². The normalized spacial score (nSPS) is 24.4. The van der Waals surface area contributed by atoms with Gasteiger partial charge >= 0.3 is 6.18 Å². The highest BCUT2D eigenvalue weighted by Crippen LogP contribution is 2.33. The summed E-state index contributed by atoms with van der Waals surface area (Å²) < 4.78 is 38.0. The number of halogens is 3. The first-order valence-corrected chi connectivity index (χ1v) is 6.95. The number of likely N-dealkylation sites (tertiary alicyclic amines) is 1. The minimum atomic E-state index is -4.13. The maximum atomic E-state index is 12.7. The first-order valence-electron chi connectivity index (χ1n) is 6.95. The Hall–Kier alpha value is -0.820. The van der Waals surface area contributed by atoms with Gasteiger partial charge in [-0.2, -0.15) is 13.2 Å². The van der Waals surface area contributed by atoms with E-state index in [1.54, 1.807) is 11.8 Å². The number of primary amides is 1. The number of nitrogens with zero attached hydrogens (tertiary/aromatic N) is 1. The number of piperidine rings is 1. The molecule has 0 aromatic rings. The van der Waals surface area contributed by atoms with Crippen LogP contribution in [-0.2, 0) is 4.79 Å². The summed E-state index contributed by atoms with van der Waals surface area (Å²) in [5.74, 6) is -1.98. The molecule has 1 saturated heterocycles. The number of amides is 1. The second-order valence-electron chi connectivity index (χ2n) is 5.69.